The van der Waals surface area contributed by atoms with Crippen LogP contribution in [0.3, 0.4) is 0 Å². The maximum Gasteiger partial charge on any atom is 0.313 e. The van der Waals surface area contributed by atoms with Gasteiger partial charge in [-0.05, 0) is 91.7 Å². The van der Waals surface area contributed by atoms with E-state index in [9.17, 15) is 14.0 Å². The molecule has 2 amide bonds. The zero-order valence-corrected chi connectivity index (χ0v) is 31.8. The van der Waals surface area contributed by atoms with Gasteiger partial charge in [-0.2, -0.15) is 5.10 Å². The Kier molecular flexibility index (Phi) is 12.7. The maximum atomic E-state index is 13.3. The molecule has 7 rings (SSSR count). The van der Waals surface area contributed by atoms with Crippen LogP contribution in [0.2, 0.25) is 5.02 Å². The Morgan fingerprint density at radius 1 is 0.857 bits per heavy atom. The zero-order chi connectivity index (χ0) is 38.9. The first-order valence-electron chi connectivity index (χ1n) is 18.6. The van der Waals surface area contributed by atoms with Gasteiger partial charge in [-0.3, -0.25) is 19.5 Å². The highest BCUT2D eigenvalue weighted by Crippen LogP contribution is 2.38. The van der Waals surface area contributed by atoms with E-state index in [-0.39, 0.29) is 10.8 Å². The minimum absolute atomic E-state index is 0.211. The van der Waals surface area contributed by atoms with Gasteiger partial charge in [0.25, 0.3) is 0 Å². The van der Waals surface area contributed by atoms with Crippen LogP contribution >= 0.6 is 11.6 Å². The molecule has 0 aliphatic carbocycles. The second-order valence-corrected chi connectivity index (χ2v) is 13.9. The fourth-order valence-electron chi connectivity index (χ4n) is 6.71. The Balaban J connectivity index is 1.02. The largest absolute Gasteiger partial charge is 0.493 e. The lowest BCUT2D eigenvalue weighted by Crippen LogP contribution is -2.51. The first-order chi connectivity index (χ1) is 27.3. The van der Waals surface area contributed by atoms with Crippen molar-refractivity contribution in [2.75, 3.05) is 83.0 Å². The lowest BCUT2D eigenvalue weighted by atomic mass is 10.0. The number of morpholine rings is 1. The third-order valence-electron chi connectivity index (χ3n) is 9.76. The lowest BCUT2D eigenvalue weighted by molar-refractivity contribution is -0.143. The monoisotopic (exact) mass is 783 g/mol. The number of pyridine rings is 1. The number of hydrogen-bond donors (Lipinski definition) is 1. The predicted molar refractivity (Wildman–Crippen MR) is 210 cm³/mol. The number of benzene rings is 3. The number of piperazine rings is 1. The van der Waals surface area contributed by atoms with Crippen LogP contribution < -0.4 is 24.4 Å². The number of hydrogen-bond acceptors (Lipinski definition) is 11. The van der Waals surface area contributed by atoms with Crippen molar-refractivity contribution in [3.05, 3.63) is 101 Å². The fraction of sp³-hybridized carbons (Fsp3) is 0.341. The molecular weight excluding hydrogens is 741 g/mol. The molecule has 2 aromatic heterocycles. The summed E-state index contributed by atoms with van der Waals surface area (Å²) in [4.78, 5) is 36.5. The molecule has 3 aromatic carbocycles. The summed E-state index contributed by atoms with van der Waals surface area (Å²) in [6.07, 6.45) is 5.95. The van der Waals surface area contributed by atoms with E-state index in [0.717, 1.165) is 67.7 Å². The van der Waals surface area contributed by atoms with Crippen molar-refractivity contribution < 1.29 is 32.9 Å². The molecule has 5 aromatic rings. The minimum atomic E-state index is -0.786. The van der Waals surface area contributed by atoms with Crippen LogP contribution in [-0.4, -0.2) is 110 Å². The number of carbonyl (C=O) groups is 2. The molecule has 2 aliphatic heterocycles. The van der Waals surface area contributed by atoms with Crippen molar-refractivity contribution in [1.82, 2.24) is 25.0 Å². The van der Waals surface area contributed by atoms with Crippen molar-refractivity contribution in [2.24, 2.45) is 0 Å². The van der Waals surface area contributed by atoms with Gasteiger partial charge in [0.1, 0.15) is 17.3 Å². The molecule has 1 N–H and O–H groups in total. The SMILES string of the molecule is COc1cc2c(Cc3ccncc3)nnc(N3CCN(C(=O)C(=O)Nc4ccc(Oc5ccc(F)cc5)c(Cl)c4)CC3)c2cc1OCCCCN1CCOCC1. The number of halogens is 2. The average Bonchev–Trinajstić information content (AvgIpc) is 3.23. The van der Waals surface area contributed by atoms with Crippen molar-refractivity contribution >= 4 is 45.7 Å². The molecule has 13 nitrogen and oxygen atoms in total. The first kappa shape index (κ1) is 38.7. The number of fused-ring (bicyclic) bond motifs is 1. The van der Waals surface area contributed by atoms with Gasteiger partial charge in [-0.15, -0.1) is 5.10 Å². The number of anilines is 2. The summed E-state index contributed by atoms with van der Waals surface area (Å²) in [6, 6.07) is 18.0. The van der Waals surface area contributed by atoms with E-state index in [0.29, 0.717) is 73.7 Å². The number of rotatable bonds is 13. The van der Waals surface area contributed by atoms with Gasteiger partial charge >= 0.3 is 11.8 Å². The average molecular weight is 784 g/mol. The molecule has 0 bridgehead atoms. The zero-order valence-electron chi connectivity index (χ0n) is 31.1. The van der Waals surface area contributed by atoms with Gasteiger partial charge in [0.2, 0.25) is 0 Å². The molecule has 0 spiro atoms. The third-order valence-corrected chi connectivity index (χ3v) is 10.1. The maximum absolute atomic E-state index is 13.3. The number of methoxy groups -OCH3 is 1. The summed E-state index contributed by atoms with van der Waals surface area (Å²) >= 11 is 6.39. The summed E-state index contributed by atoms with van der Waals surface area (Å²) in [5.41, 5.74) is 2.16. The van der Waals surface area contributed by atoms with Gasteiger partial charge in [0, 0.05) is 74.5 Å². The van der Waals surface area contributed by atoms with Gasteiger partial charge < -0.3 is 34.1 Å². The quantitative estimate of drug-likeness (QED) is 0.112. The van der Waals surface area contributed by atoms with Crippen molar-refractivity contribution in [1.29, 1.82) is 0 Å². The molecule has 56 heavy (non-hydrogen) atoms. The van der Waals surface area contributed by atoms with Crippen LogP contribution in [0.5, 0.6) is 23.0 Å². The number of unbranched alkanes of at least 4 members (excludes halogenated alkanes) is 1. The van der Waals surface area contributed by atoms with Crippen molar-refractivity contribution in [2.45, 2.75) is 19.3 Å². The van der Waals surface area contributed by atoms with Crippen molar-refractivity contribution in [3.8, 4) is 23.0 Å². The molecule has 0 atom stereocenters. The van der Waals surface area contributed by atoms with Crippen LogP contribution in [-0.2, 0) is 20.7 Å². The molecule has 0 saturated carbocycles. The Morgan fingerprint density at radius 3 is 2.34 bits per heavy atom. The van der Waals surface area contributed by atoms with Crippen LogP contribution in [0, 0.1) is 5.82 Å². The Bertz CT molecular complexity index is 2130. The molecule has 2 saturated heterocycles. The number of amides is 2. The molecule has 4 heterocycles. The Morgan fingerprint density at radius 2 is 1.61 bits per heavy atom. The van der Waals surface area contributed by atoms with Gasteiger partial charge in [0.05, 0.1) is 37.6 Å². The summed E-state index contributed by atoms with van der Waals surface area (Å²) in [6.45, 7) is 6.47. The molecule has 2 fully saturated rings. The number of nitrogens with one attached hydrogen (secondary N) is 1. The molecule has 0 unspecified atom stereocenters. The molecule has 2 aliphatic rings. The minimum Gasteiger partial charge on any atom is -0.493 e. The number of aromatic nitrogens is 3. The highest BCUT2D eigenvalue weighted by Gasteiger charge is 2.28. The molecule has 15 heteroatoms. The molecular formula is C41H43ClFN7O6. The van der Waals surface area contributed by atoms with Crippen LogP contribution in [0.1, 0.15) is 24.1 Å². The summed E-state index contributed by atoms with van der Waals surface area (Å²) in [7, 11) is 1.63. The number of ether oxygens (including phenoxy) is 4. The van der Waals surface area contributed by atoms with E-state index in [1.807, 2.05) is 24.3 Å². The first-order valence-corrected chi connectivity index (χ1v) is 19.0. The van der Waals surface area contributed by atoms with Crippen molar-refractivity contribution in [3.63, 3.8) is 0 Å². The Labute approximate surface area is 329 Å². The van der Waals surface area contributed by atoms with Crippen LogP contribution in [0.4, 0.5) is 15.9 Å². The summed E-state index contributed by atoms with van der Waals surface area (Å²) in [5.74, 6) is 0.774. The normalized spacial score (nSPS) is 14.8. The van der Waals surface area contributed by atoms with Crippen LogP contribution in [0.25, 0.3) is 10.8 Å². The van der Waals surface area contributed by atoms with Gasteiger partial charge in [-0.25, -0.2) is 4.39 Å². The highest BCUT2D eigenvalue weighted by molar-refractivity contribution is 6.40. The van der Waals surface area contributed by atoms with E-state index >= 15 is 0 Å². The topological polar surface area (TPSA) is 131 Å². The molecule has 292 valence electrons. The Hall–Kier alpha value is -5.57. The van der Waals surface area contributed by atoms with E-state index in [4.69, 9.17) is 35.6 Å². The van der Waals surface area contributed by atoms with E-state index < -0.39 is 11.8 Å². The van der Waals surface area contributed by atoms with E-state index in [1.54, 1.807) is 31.6 Å². The second-order valence-electron chi connectivity index (χ2n) is 13.5. The third kappa shape index (κ3) is 9.62. The van der Waals surface area contributed by atoms with E-state index in [2.05, 4.69) is 25.2 Å². The number of carbonyl (C=O) groups excluding carboxylic acids is 2. The van der Waals surface area contributed by atoms with E-state index in [1.165, 1.54) is 35.2 Å². The predicted octanol–water partition coefficient (Wildman–Crippen LogP) is 5.99. The van der Waals surface area contributed by atoms with Gasteiger partial charge in [-0.1, -0.05) is 11.6 Å². The molecule has 0 radical (unpaired) electrons. The second kappa shape index (κ2) is 18.4. The standard InChI is InChI=1S/C41H43ClFN7O6/c1-53-37-26-32-33(27-38(37)55-21-3-2-14-48-19-22-54-23-20-48)39(47-46-35(32)24-28-10-12-44-13-11-28)49-15-17-50(18-16-49)41(52)40(51)45-30-6-9-36(34(42)25-30)56-31-7-4-29(43)5-8-31/h4-13,25-27H,2-3,14-24H2,1H3,(H,45,51). The lowest BCUT2D eigenvalue weighted by Gasteiger charge is -2.35. The highest BCUT2D eigenvalue weighted by atomic mass is 35.5. The van der Waals surface area contributed by atoms with Gasteiger partial charge in [0.15, 0.2) is 17.3 Å². The number of nitrogens with zero attached hydrogens (tertiary/aromatic N) is 6. The van der Waals surface area contributed by atoms with Crippen LogP contribution in [0.15, 0.2) is 79.1 Å². The fourth-order valence-corrected chi connectivity index (χ4v) is 6.93. The summed E-state index contributed by atoms with van der Waals surface area (Å²) in [5, 5.41) is 14.0. The smallest absolute Gasteiger partial charge is 0.313 e. The summed E-state index contributed by atoms with van der Waals surface area (Å²) < 4.78 is 36.6.